The Balaban J connectivity index is 1.90. The van der Waals surface area contributed by atoms with Gasteiger partial charge in [-0.2, -0.15) is 10.2 Å². The molecular formula is C15H22N2. The van der Waals surface area contributed by atoms with Crippen LogP contribution < -0.4 is 0 Å². The van der Waals surface area contributed by atoms with Crippen molar-refractivity contribution in [3.63, 3.8) is 0 Å². The molecule has 2 bridgehead atoms. The first kappa shape index (κ1) is 10.3. The van der Waals surface area contributed by atoms with Crippen LogP contribution in [-0.4, -0.2) is 11.1 Å². The van der Waals surface area contributed by atoms with E-state index >= 15 is 0 Å². The quantitative estimate of drug-likeness (QED) is 0.559. The third-order valence-electron chi connectivity index (χ3n) is 6.65. The van der Waals surface area contributed by atoms with E-state index in [1.54, 1.807) is 0 Å². The molecule has 2 nitrogen and oxygen atoms in total. The topological polar surface area (TPSA) is 24.7 Å². The monoisotopic (exact) mass is 230 g/mol. The fourth-order valence-corrected chi connectivity index (χ4v) is 5.70. The van der Waals surface area contributed by atoms with Crippen molar-refractivity contribution in [1.29, 1.82) is 0 Å². The molecule has 2 saturated carbocycles. The lowest BCUT2D eigenvalue weighted by Gasteiger charge is -2.46. The maximum absolute atomic E-state index is 4.81. The fraction of sp³-hybridized carbons (Fsp3) is 0.867. The normalized spacial score (nSPS) is 53.5. The van der Waals surface area contributed by atoms with Crippen LogP contribution in [-0.2, 0) is 0 Å². The van der Waals surface area contributed by atoms with Crippen molar-refractivity contribution in [2.75, 3.05) is 0 Å². The summed E-state index contributed by atoms with van der Waals surface area (Å²) in [7, 11) is 0. The predicted octanol–water partition coefficient (Wildman–Crippen LogP) is 4.13. The minimum Gasteiger partial charge on any atom is -0.186 e. The number of allylic oxidation sites excluding steroid dienone is 1. The molecule has 0 aromatic rings. The number of fused-ring (bicyclic) bond motifs is 3. The van der Waals surface area contributed by atoms with Gasteiger partial charge in [-0.25, -0.2) is 0 Å². The average Bonchev–Trinajstić information content (AvgIpc) is 2.95. The highest BCUT2D eigenvalue weighted by atomic mass is 15.3. The molecule has 0 aromatic heterocycles. The molecule has 2 heteroatoms. The molecule has 2 fully saturated rings. The molecule has 0 N–H and O–H groups in total. The molecule has 1 aliphatic heterocycles. The Morgan fingerprint density at radius 2 is 1.71 bits per heavy atom. The lowest BCUT2D eigenvalue weighted by Crippen LogP contribution is -2.50. The Bertz CT molecular complexity index is 419. The largest absolute Gasteiger partial charge is 0.186 e. The zero-order valence-corrected chi connectivity index (χ0v) is 10.9. The van der Waals surface area contributed by atoms with Gasteiger partial charge in [-0.15, -0.1) is 0 Å². The Morgan fingerprint density at radius 3 is 2.41 bits per heavy atom. The van der Waals surface area contributed by atoms with E-state index in [1.807, 2.05) is 0 Å². The van der Waals surface area contributed by atoms with Crippen LogP contribution >= 0.6 is 0 Å². The van der Waals surface area contributed by atoms with E-state index in [4.69, 9.17) is 10.2 Å². The molecule has 17 heavy (non-hydrogen) atoms. The van der Waals surface area contributed by atoms with E-state index in [0.717, 1.165) is 5.92 Å². The van der Waals surface area contributed by atoms with E-state index in [9.17, 15) is 0 Å². The summed E-state index contributed by atoms with van der Waals surface area (Å²) in [6, 6.07) is 0. The van der Waals surface area contributed by atoms with Gasteiger partial charge in [0.2, 0.25) is 0 Å². The van der Waals surface area contributed by atoms with Gasteiger partial charge in [0.15, 0.2) is 0 Å². The van der Waals surface area contributed by atoms with Gasteiger partial charge in [-0.1, -0.05) is 31.4 Å². The summed E-state index contributed by atoms with van der Waals surface area (Å²) in [6.07, 6.45) is 13.0. The summed E-state index contributed by atoms with van der Waals surface area (Å²) < 4.78 is 0. The Labute approximate surface area is 104 Å². The number of rotatable bonds is 0. The van der Waals surface area contributed by atoms with Gasteiger partial charge in [-0.3, -0.25) is 0 Å². The Morgan fingerprint density at radius 1 is 1.00 bits per heavy atom. The highest BCUT2D eigenvalue weighted by molar-refractivity contribution is 5.34. The molecule has 0 aromatic carbocycles. The summed E-state index contributed by atoms with van der Waals surface area (Å²) in [6.45, 7) is 4.80. The molecule has 0 unspecified atom stereocenters. The minimum absolute atomic E-state index is 0.111. The van der Waals surface area contributed by atoms with Crippen LogP contribution in [0.3, 0.4) is 0 Å². The van der Waals surface area contributed by atoms with Crippen LogP contribution in [0.2, 0.25) is 0 Å². The SMILES string of the molecule is C[C@]12N=N[C@](C)([C@@H]3CC=C[C@@H]31)C21CCCCC1. The van der Waals surface area contributed by atoms with E-state index in [2.05, 4.69) is 26.0 Å². The highest BCUT2D eigenvalue weighted by Gasteiger charge is 2.76. The summed E-state index contributed by atoms with van der Waals surface area (Å²) in [5, 5.41) is 9.61. The highest BCUT2D eigenvalue weighted by Crippen LogP contribution is 2.73. The van der Waals surface area contributed by atoms with Gasteiger partial charge in [0.1, 0.15) is 0 Å². The maximum Gasteiger partial charge on any atom is 0.0933 e. The molecule has 0 amide bonds. The van der Waals surface area contributed by atoms with Crippen LogP contribution in [0.1, 0.15) is 52.4 Å². The summed E-state index contributed by atoms with van der Waals surface area (Å²) in [5.74, 6) is 1.41. The van der Waals surface area contributed by atoms with Crippen molar-refractivity contribution in [2.24, 2.45) is 27.5 Å². The zero-order valence-electron chi connectivity index (χ0n) is 10.9. The van der Waals surface area contributed by atoms with Gasteiger partial charge in [-0.05, 0) is 39.0 Å². The lowest BCUT2D eigenvalue weighted by molar-refractivity contribution is 0.0700. The molecular weight excluding hydrogens is 208 g/mol. The Hall–Kier alpha value is -0.660. The van der Waals surface area contributed by atoms with Crippen molar-refractivity contribution in [2.45, 2.75) is 63.5 Å². The zero-order chi connectivity index (χ0) is 11.7. The Kier molecular flexibility index (Phi) is 1.72. The molecule has 4 rings (SSSR count). The number of hydrogen-bond donors (Lipinski definition) is 0. The second kappa shape index (κ2) is 2.84. The second-order valence-electron chi connectivity index (χ2n) is 6.93. The van der Waals surface area contributed by atoms with E-state index in [1.165, 1.54) is 38.5 Å². The smallest absolute Gasteiger partial charge is 0.0933 e. The van der Waals surface area contributed by atoms with E-state index in [0.29, 0.717) is 11.3 Å². The summed E-state index contributed by atoms with van der Waals surface area (Å²) >= 11 is 0. The number of azo groups is 1. The van der Waals surface area contributed by atoms with Crippen LogP contribution in [0.4, 0.5) is 0 Å². The van der Waals surface area contributed by atoms with Crippen molar-refractivity contribution < 1.29 is 0 Å². The van der Waals surface area contributed by atoms with Crippen LogP contribution in [0.5, 0.6) is 0 Å². The van der Waals surface area contributed by atoms with Crippen molar-refractivity contribution in [3.8, 4) is 0 Å². The first-order valence-electron chi connectivity index (χ1n) is 7.25. The van der Waals surface area contributed by atoms with Crippen LogP contribution in [0, 0.1) is 17.3 Å². The minimum atomic E-state index is 0.111. The predicted molar refractivity (Wildman–Crippen MR) is 67.9 cm³/mol. The van der Waals surface area contributed by atoms with E-state index in [-0.39, 0.29) is 11.1 Å². The van der Waals surface area contributed by atoms with E-state index < -0.39 is 0 Å². The maximum atomic E-state index is 4.81. The number of hydrogen-bond acceptors (Lipinski definition) is 2. The molecule has 92 valence electrons. The third kappa shape index (κ3) is 0.860. The summed E-state index contributed by atoms with van der Waals surface area (Å²) in [4.78, 5) is 0. The van der Waals surface area contributed by atoms with Crippen molar-refractivity contribution in [3.05, 3.63) is 12.2 Å². The molecule has 1 heterocycles. The molecule has 4 aliphatic rings. The molecule has 1 spiro atoms. The molecule has 3 aliphatic carbocycles. The number of nitrogens with zero attached hydrogens (tertiary/aromatic N) is 2. The van der Waals surface area contributed by atoms with Gasteiger partial charge in [0, 0.05) is 11.3 Å². The van der Waals surface area contributed by atoms with Crippen LogP contribution in [0.25, 0.3) is 0 Å². The standard InChI is InChI=1S/C15H22N2/c1-13-11-7-6-8-12(11)14(2,17-16-13)15(13)9-4-3-5-10-15/h6-7,11-12H,3-5,8-10H2,1-2H3/t11-,12+,13-,14+/m0/s1. The molecule has 0 saturated heterocycles. The van der Waals surface area contributed by atoms with Gasteiger partial charge >= 0.3 is 0 Å². The van der Waals surface area contributed by atoms with Crippen molar-refractivity contribution in [1.82, 2.24) is 0 Å². The van der Waals surface area contributed by atoms with Gasteiger partial charge in [0.05, 0.1) is 11.1 Å². The first-order chi connectivity index (χ1) is 8.14. The molecule has 0 radical (unpaired) electrons. The average molecular weight is 230 g/mol. The second-order valence-corrected chi connectivity index (χ2v) is 6.93. The third-order valence-corrected chi connectivity index (χ3v) is 6.65. The van der Waals surface area contributed by atoms with Crippen molar-refractivity contribution >= 4 is 0 Å². The first-order valence-corrected chi connectivity index (χ1v) is 7.25. The summed E-state index contributed by atoms with van der Waals surface area (Å²) in [5.41, 5.74) is 0.633. The van der Waals surface area contributed by atoms with Gasteiger partial charge < -0.3 is 0 Å². The van der Waals surface area contributed by atoms with Crippen LogP contribution in [0.15, 0.2) is 22.4 Å². The molecule has 4 atom stereocenters. The van der Waals surface area contributed by atoms with Gasteiger partial charge in [0.25, 0.3) is 0 Å². The fourth-order valence-electron chi connectivity index (χ4n) is 5.70. The lowest BCUT2D eigenvalue weighted by atomic mass is 9.57.